The van der Waals surface area contributed by atoms with Crippen molar-refractivity contribution in [2.75, 3.05) is 13.6 Å². The number of thiophene rings is 1. The molecule has 1 N–H and O–H groups in total. The maximum atomic E-state index is 13.0. The van der Waals surface area contributed by atoms with E-state index in [0.29, 0.717) is 24.9 Å². The third-order valence-electron chi connectivity index (χ3n) is 4.70. The standard InChI is InChI=1S/C20H19N3O2S/c1-23-12-13(8-9-19(23)24)21-20(25)15-11-17(18-7-4-10-26-18)22-16-6-3-2-5-14(15)16/h2-7,10-11,13H,8-9,12H2,1H3,(H,21,25). The van der Waals surface area contributed by atoms with Gasteiger partial charge in [-0.3, -0.25) is 9.59 Å². The van der Waals surface area contributed by atoms with E-state index >= 15 is 0 Å². The summed E-state index contributed by atoms with van der Waals surface area (Å²) in [6, 6.07) is 13.5. The number of carbonyl (C=O) groups excluding carboxylic acids is 2. The summed E-state index contributed by atoms with van der Waals surface area (Å²) in [4.78, 5) is 32.1. The first-order valence-electron chi connectivity index (χ1n) is 8.60. The monoisotopic (exact) mass is 365 g/mol. The van der Waals surface area contributed by atoms with Crippen molar-refractivity contribution in [1.29, 1.82) is 0 Å². The molecule has 1 atom stereocenters. The van der Waals surface area contributed by atoms with Crippen molar-refractivity contribution in [3.8, 4) is 10.6 Å². The lowest BCUT2D eigenvalue weighted by molar-refractivity contribution is -0.132. The molecule has 5 nitrogen and oxygen atoms in total. The molecule has 6 heteroatoms. The third-order valence-corrected chi connectivity index (χ3v) is 5.59. The van der Waals surface area contributed by atoms with Crippen LogP contribution in [-0.2, 0) is 4.79 Å². The van der Waals surface area contributed by atoms with Gasteiger partial charge in [0.1, 0.15) is 0 Å². The molecular formula is C20H19N3O2S. The minimum atomic E-state index is -0.117. The molecule has 2 amide bonds. The van der Waals surface area contributed by atoms with Crippen LogP contribution in [0.3, 0.4) is 0 Å². The number of piperidine rings is 1. The topological polar surface area (TPSA) is 62.3 Å². The van der Waals surface area contributed by atoms with Gasteiger partial charge in [0.25, 0.3) is 5.91 Å². The molecule has 3 aromatic rings. The predicted molar refractivity (Wildman–Crippen MR) is 103 cm³/mol. The van der Waals surface area contributed by atoms with Gasteiger partial charge < -0.3 is 10.2 Å². The Balaban J connectivity index is 1.68. The number of benzene rings is 1. The van der Waals surface area contributed by atoms with Gasteiger partial charge in [-0.25, -0.2) is 4.98 Å². The number of hydrogen-bond acceptors (Lipinski definition) is 4. The molecule has 1 aromatic carbocycles. The normalized spacial score (nSPS) is 17.5. The molecule has 1 fully saturated rings. The molecule has 0 saturated carbocycles. The van der Waals surface area contributed by atoms with Gasteiger partial charge in [0, 0.05) is 31.4 Å². The smallest absolute Gasteiger partial charge is 0.252 e. The van der Waals surface area contributed by atoms with E-state index in [0.717, 1.165) is 21.5 Å². The Bertz CT molecular complexity index is 968. The van der Waals surface area contributed by atoms with Crippen molar-refractivity contribution in [2.24, 2.45) is 0 Å². The Morgan fingerprint density at radius 3 is 2.88 bits per heavy atom. The van der Waals surface area contributed by atoms with Crippen molar-refractivity contribution in [3.63, 3.8) is 0 Å². The van der Waals surface area contributed by atoms with Crippen LogP contribution in [-0.4, -0.2) is 41.3 Å². The molecule has 1 unspecified atom stereocenters. The zero-order valence-corrected chi connectivity index (χ0v) is 15.3. The number of likely N-dealkylation sites (tertiary alicyclic amines) is 1. The molecule has 1 saturated heterocycles. The third kappa shape index (κ3) is 3.20. The van der Waals surface area contributed by atoms with Gasteiger partial charge in [0.2, 0.25) is 5.91 Å². The molecular weight excluding hydrogens is 346 g/mol. The van der Waals surface area contributed by atoms with Gasteiger partial charge in [-0.15, -0.1) is 11.3 Å². The number of hydrogen-bond donors (Lipinski definition) is 1. The fourth-order valence-electron chi connectivity index (χ4n) is 3.31. The molecule has 0 radical (unpaired) electrons. The molecule has 0 bridgehead atoms. The van der Waals surface area contributed by atoms with Crippen molar-refractivity contribution in [2.45, 2.75) is 18.9 Å². The Morgan fingerprint density at radius 1 is 1.27 bits per heavy atom. The van der Waals surface area contributed by atoms with Crippen LogP contribution in [0.1, 0.15) is 23.2 Å². The minimum absolute atomic E-state index is 0.0256. The van der Waals surface area contributed by atoms with E-state index in [2.05, 4.69) is 5.32 Å². The molecule has 4 rings (SSSR count). The average Bonchev–Trinajstić information content (AvgIpc) is 3.18. The average molecular weight is 365 g/mol. The number of carbonyl (C=O) groups is 2. The number of rotatable bonds is 3. The van der Waals surface area contributed by atoms with Crippen molar-refractivity contribution in [3.05, 3.63) is 53.4 Å². The zero-order chi connectivity index (χ0) is 18.1. The van der Waals surface area contributed by atoms with Gasteiger partial charge >= 0.3 is 0 Å². The van der Waals surface area contributed by atoms with E-state index in [1.165, 1.54) is 0 Å². The highest BCUT2D eigenvalue weighted by atomic mass is 32.1. The lowest BCUT2D eigenvalue weighted by Gasteiger charge is -2.30. The number of likely N-dealkylation sites (N-methyl/N-ethyl adjacent to an activating group) is 1. The lowest BCUT2D eigenvalue weighted by atomic mass is 10.0. The Hall–Kier alpha value is -2.73. The summed E-state index contributed by atoms with van der Waals surface area (Å²) >= 11 is 1.60. The van der Waals surface area contributed by atoms with E-state index in [1.807, 2.05) is 47.8 Å². The first kappa shape index (κ1) is 16.7. The number of aromatic nitrogens is 1. The molecule has 3 heterocycles. The highest BCUT2D eigenvalue weighted by Crippen LogP contribution is 2.28. The van der Waals surface area contributed by atoms with Crippen LogP contribution in [0.15, 0.2) is 47.8 Å². The van der Waals surface area contributed by atoms with Gasteiger partial charge in [-0.2, -0.15) is 0 Å². The first-order chi connectivity index (χ1) is 12.6. The van der Waals surface area contributed by atoms with Crippen LogP contribution in [0.5, 0.6) is 0 Å². The van der Waals surface area contributed by atoms with Crippen LogP contribution in [0, 0.1) is 0 Å². The van der Waals surface area contributed by atoms with Crippen LogP contribution in [0.4, 0.5) is 0 Å². The van der Waals surface area contributed by atoms with Crippen molar-refractivity contribution in [1.82, 2.24) is 15.2 Å². The molecule has 26 heavy (non-hydrogen) atoms. The van der Waals surface area contributed by atoms with Crippen LogP contribution in [0.2, 0.25) is 0 Å². The number of para-hydroxylation sites is 1. The SMILES string of the molecule is CN1CC(NC(=O)c2cc(-c3cccs3)nc3ccccc23)CCC1=O. The van der Waals surface area contributed by atoms with E-state index in [9.17, 15) is 9.59 Å². The number of nitrogens with zero attached hydrogens (tertiary/aromatic N) is 2. The summed E-state index contributed by atoms with van der Waals surface area (Å²) in [6.45, 7) is 0.547. The van der Waals surface area contributed by atoms with Gasteiger partial charge in [0.05, 0.1) is 21.7 Å². The van der Waals surface area contributed by atoms with Crippen molar-refractivity contribution < 1.29 is 9.59 Å². The summed E-state index contributed by atoms with van der Waals surface area (Å²) in [5, 5.41) is 5.93. The van der Waals surface area contributed by atoms with E-state index < -0.39 is 0 Å². The molecule has 0 spiro atoms. The summed E-state index contributed by atoms with van der Waals surface area (Å²) < 4.78 is 0. The molecule has 132 valence electrons. The summed E-state index contributed by atoms with van der Waals surface area (Å²) in [5.74, 6) is 0.0130. The second kappa shape index (κ2) is 6.88. The molecule has 1 aliphatic rings. The first-order valence-corrected chi connectivity index (χ1v) is 9.48. The quantitative estimate of drug-likeness (QED) is 0.774. The Morgan fingerprint density at radius 2 is 2.12 bits per heavy atom. The van der Waals surface area contributed by atoms with Crippen LogP contribution in [0.25, 0.3) is 21.5 Å². The highest BCUT2D eigenvalue weighted by molar-refractivity contribution is 7.13. The number of pyridine rings is 1. The second-order valence-electron chi connectivity index (χ2n) is 6.53. The molecule has 2 aromatic heterocycles. The van der Waals surface area contributed by atoms with Crippen LogP contribution < -0.4 is 5.32 Å². The Kier molecular flexibility index (Phi) is 4.42. The maximum absolute atomic E-state index is 13.0. The predicted octanol–water partition coefficient (Wildman–Crippen LogP) is 3.31. The van der Waals surface area contributed by atoms with Gasteiger partial charge in [0.15, 0.2) is 0 Å². The molecule has 0 aliphatic carbocycles. The number of fused-ring (bicyclic) bond motifs is 1. The number of nitrogens with one attached hydrogen (secondary N) is 1. The van der Waals surface area contributed by atoms with E-state index in [1.54, 1.807) is 23.3 Å². The largest absolute Gasteiger partial charge is 0.347 e. The van der Waals surface area contributed by atoms with Crippen LogP contribution >= 0.6 is 11.3 Å². The van der Waals surface area contributed by atoms with Gasteiger partial charge in [-0.1, -0.05) is 24.3 Å². The zero-order valence-electron chi connectivity index (χ0n) is 14.4. The van der Waals surface area contributed by atoms with E-state index in [-0.39, 0.29) is 17.9 Å². The summed E-state index contributed by atoms with van der Waals surface area (Å²) in [7, 11) is 1.78. The minimum Gasteiger partial charge on any atom is -0.347 e. The number of amides is 2. The summed E-state index contributed by atoms with van der Waals surface area (Å²) in [6.07, 6.45) is 1.15. The fraction of sp³-hybridized carbons (Fsp3) is 0.250. The van der Waals surface area contributed by atoms with Crippen molar-refractivity contribution >= 4 is 34.1 Å². The molecule has 1 aliphatic heterocycles. The fourth-order valence-corrected chi connectivity index (χ4v) is 3.99. The second-order valence-corrected chi connectivity index (χ2v) is 7.48. The lowest BCUT2D eigenvalue weighted by Crippen LogP contribution is -2.48. The Labute approximate surface area is 155 Å². The maximum Gasteiger partial charge on any atom is 0.252 e. The summed E-state index contributed by atoms with van der Waals surface area (Å²) in [5.41, 5.74) is 2.23. The highest BCUT2D eigenvalue weighted by Gasteiger charge is 2.25. The van der Waals surface area contributed by atoms with E-state index in [4.69, 9.17) is 4.98 Å². The van der Waals surface area contributed by atoms with Gasteiger partial charge in [-0.05, 0) is 30.0 Å².